The molecule has 0 aromatic carbocycles. The van der Waals surface area contributed by atoms with E-state index in [0.717, 1.165) is 19.3 Å². The number of furan rings is 1. The highest BCUT2D eigenvalue weighted by molar-refractivity contribution is 5.96. The second-order valence-electron chi connectivity index (χ2n) is 5.23. The molecule has 0 saturated heterocycles. The van der Waals surface area contributed by atoms with Crippen LogP contribution in [0.15, 0.2) is 23.0 Å². The lowest BCUT2D eigenvalue weighted by atomic mass is 9.87. The molecule has 2 amide bonds. The fraction of sp³-hybridized carbons (Fsp3) is 0.571. The van der Waals surface area contributed by atoms with E-state index >= 15 is 0 Å². The molecule has 0 aliphatic heterocycles. The summed E-state index contributed by atoms with van der Waals surface area (Å²) in [6, 6.07) is 1.82. The number of carbonyl (C=O) groups excluding carboxylic acids is 2. The predicted octanol–water partition coefficient (Wildman–Crippen LogP) is 1.70. The van der Waals surface area contributed by atoms with Gasteiger partial charge in [0.1, 0.15) is 6.26 Å². The zero-order valence-electron chi connectivity index (χ0n) is 11.1. The van der Waals surface area contributed by atoms with Gasteiger partial charge in [-0.15, -0.1) is 0 Å². The van der Waals surface area contributed by atoms with Gasteiger partial charge in [-0.1, -0.05) is 19.8 Å². The molecular weight excluding hydrogens is 244 g/mol. The minimum absolute atomic E-state index is 0.00882. The van der Waals surface area contributed by atoms with Crippen molar-refractivity contribution in [3.8, 4) is 0 Å². The Hall–Kier alpha value is -1.78. The standard InChI is InChI=1S/C14H20N2O3/c1-10-3-2-4-12(7-10)16-13(17)8-15-14(18)11-5-6-19-9-11/h5-6,9-10,12H,2-4,7-8H2,1H3,(H,15,18)(H,16,17). The molecule has 1 saturated carbocycles. The molecule has 5 heteroatoms. The average Bonchev–Trinajstić information content (AvgIpc) is 2.90. The molecular formula is C14H20N2O3. The minimum Gasteiger partial charge on any atom is -0.472 e. The lowest BCUT2D eigenvalue weighted by molar-refractivity contribution is -0.121. The van der Waals surface area contributed by atoms with Gasteiger partial charge in [-0.25, -0.2) is 0 Å². The van der Waals surface area contributed by atoms with Crippen molar-refractivity contribution in [1.29, 1.82) is 0 Å². The zero-order valence-corrected chi connectivity index (χ0v) is 11.1. The summed E-state index contributed by atoms with van der Waals surface area (Å²) in [5.41, 5.74) is 0.430. The van der Waals surface area contributed by atoms with Gasteiger partial charge in [-0.05, 0) is 24.8 Å². The van der Waals surface area contributed by atoms with Gasteiger partial charge in [0.25, 0.3) is 5.91 Å². The van der Waals surface area contributed by atoms with Crippen LogP contribution in [-0.4, -0.2) is 24.4 Å². The van der Waals surface area contributed by atoms with Crippen LogP contribution in [0.4, 0.5) is 0 Å². The maximum Gasteiger partial charge on any atom is 0.254 e. The Labute approximate surface area is 112 Å². The molecule has 2 unspecified atom stereocenters. The highest BCUT2D eigenvalue weighted by atomic mass is 16.3. The van der Waals surface area contributed by atoms with E-state index in [9.17, 15) is 9.59 Å². The van der Waals surface area contributed by atoms with Crippen molar-refractivity contribution in [3.05, 3.63) is 24.2 Å². The van der Waals surface area contributed by atoms with Crippen LogP contribution in [0.1, 0.15) is 43.0 Å². The number of carbonyl (C=O) groups is 2. The summed E-state index contributed by atoms with van der Waals surface area (Å²) >= 11 is 0. The van der Waals surface area contributed by atoms with Crippen molar-refractivity contribution in [2.45, 2.75) is 38.6 Å². The molecule has 2 atom stereocenters. The van der Waals surface area contributed by atoms with E-state index in [4.69, 9.17) is 4.42 Å². The summed E-state index contributed by atoms with van der Waals surface area (Å²) in [5, 5.41) is 5.55. The summed E-state index contributed by atoms with van der Waals surface area (Å²) in [6.07, 6.45) is 7.25. The third kappa shape index (κ3) is 4.12. The van der Waals surface area contributed by atoms with Crippen molar-refractivity contribution in [2.75, 3.05) is 6.54 Å². The predicted molar refractivity (Wildman–Crippen MR) is 70.6 cm³/mol. The lowest BCUT2D eigenvalue weighted by Gasteiger charge is -2.27. The van der Waals surface area contributed by atoms with Gasteiger partial charge in [0.15, 0.2) is 0 Å². The molecule has 5 nitrogen and oxygen atoms in total. The first-order valence-corrected chi connectivity index (χ1v) is 6.75. The summed E-state index contributed by atoms with van der Waals surface area (Å²) in [7, 11) is 0. The first-order valence-electron chi connectivity index (χ1n) is 6.75. The topological polar surface area (TPSA) is 71.3 Å². The van der Waals surface area contributed by atoms with E-state index in [2.05, 4.69) is 17.6 Å². The molecule has 1 fully saturated rings. The second kappa shape index (κ2) is 6.41. The van der Waals surface area contributed by atoms with E-state index in [1.54, 1.807) is 6.07 Å². The van der Waals surface area contributed by atoms with Crippen LogP contribution in [-0.2, 0) is 4.79 Å². The Morgan fingerprint density at radius 2 is 2.26 bits per heavy atom. The average molecular weight is 264 g/mol. The largest absolute Gasteiger partial charge is 0.472 e. The Kier molecular flexibility index (Phi) is 4.60. The van der Waals surface area contributed by atoms with Gasteiger partial charge in [0.2, 0.25) is 5.91 Å². The molecule has 2 N–H and O–H groups in total. The summed E-state index contributed by atoms with van der Waals surface area (Å²) in [4.78, 5) is 23.3. The fourth-order valence-corrected chi connectivity index (χ4v) is 2.50. The Morgan fingerprint density at radius 3 is 2.95 bits per heavy atom. The molecule has 1 aromatic heterocycles. The zero-order chi connectivity index (χ0) is 13.7. The Bertz CT molecular complexity index is 428. The van der Waals surface area contributed by atoms with E-state index in [1.165, 1.54) is 18.9 Å². The number of hydrogen-bond donors (Lipinski definition) is 2. The Morgan fingerprint density at radius 1 is 1.42 bits per heavy atom. The van der Waals surface area contributed by atoms with Crippen molar-refractivity contribution in [3.63, 3.8) is 0 Å². The van der Waals surface area contributed by atoms with Crippen LogP contribution < -0.4 is 10.6 Å². The third-order valence-corrected chi connectivity index (χ3v) is 3.49. The number of amides is 2. The van der Waals surface area contributed by atoms with Crippen molar-refractivity contribution >= 4 is 11.8 Å². The monoisotopic (exact) mass is 264 g/mol. The number of rotatable bonds is 4. The molecule has 0 radical (unpaired) electrons. The van der Waals surface area contributed by atoms with E-state index < -0.39 is 0 Å². The molecule has 1 aromatic rings. The molecule has 19 heavy (non-hydrogen) atoms. The van der Waals surface area contributed by atoms with Gasteiger partial charge < -0.3 is 15.1 Å². The highest BCUT2D eigenvalue weighted by Crippen LogP contribution is 2.23. The van der Waals surface area contributed by atoms with E-state index in [0.29, 0.717) is 11.5 Å². The number of hydrogen-bond acceptors (Lipinski definition) is 3. The molecule has 1 aliphatic carbocycles. The van der Waals surface area contributed by atoms with Gasteiger partial charge in [-0.3, -0.25) is 9.59 Å². The fourth-order valence-electron chi connectivity index (χ4n) is 2.50. The molecule has 2 rings (SSSR count). The van der Waals surface area contributed by atoms with Crippen LogP contribution >= 0.6 is 0 Å². The maximum atomic E-state index is 11.7. The molecule has 0 spiro atoms. The normalized spacial score (nSPS) is 22.8. The maximum absolute atomic E-state index is 11.7. The SMILES string of the molecule is CC1CCCC(NC(=O)CNC(=O)c2ccoc2)C1. The molecule has 0 bridgehead atoms. The van der Waals surface area contributed by atoms with E-state index in [-0.39, 0.29) is 24.4 Å². The van der Waals surface area contributed by atoms with Crippen molar-refractivity contribution in [2.24, 2.45) is 5.92 Å². The molecule has 104 valence electrons. The summed E-state index contributed by atoms with van der Waals surface area (Å²) < 4.78 is 4.81. The van der Waals surface area contributed by atoms with E-state index in [1.807, 2.05) is 0 Å². The number of nitrogens with one attached hydrogen (secondary N) is 2. The smallest absolute Gasteiger partial charge is 0.254 e. The van der Waals surface area contributed by atoms with Gasteiger partial charge in [0, 0.05) is 6.04 Å². The first kappa shape index (κ1) is 13.6. The van der Waals surface area contributed by atoms with Crippen LogP contribution in [0.5, 0.6) is 0 Å². The van der Waals surface area contributed by atoms with Gasteiger partial charge in [-0.2, -0.15) is 0 Å². The van der Waals surface area contributed by atoms with Crippen LogP contribution in [0, 0.1) is 5.92 Å². The minimum atomic E-state index is -0.291. The van der Waals surface area contributed by atoms with Gasteiger partial charge in [0.05, 0.1) is 18.4 Å². The summed E-state index contributed by atoms with van der Waals surface area (Å²) in [5.74, 6) is 0.247. The van der Waals surface area contributed by atoms with Gasteiger partial charge >= 0.3 is 0 Å². The summed E-state index contributed by atoms with van der Waals surface area (Å²) in [6.45, 7) is 2.22. The quantitative estimate of drug-likeness (QED) is 0.869. The second-order valence-corrected chi connectivity index (χ2v) is 5.23. The third-order valence-electron chi connectivity index (χ3n) is 3.49. The highest BCUT2D eigenvalue weighted by Gasteiger charge is 2.20. The van der Waals surface area contributed by atoms with Crippen molar-refractivity contribution in [1.82, 2.24) is 10.6 Å². The Balaban J connectivity index is 1.71. The van der Waals surface area contributed by atoms with Crippen LogP contribution in [0.25, 0.3) is 0 Å². The van der Waals surface area contributed by atoms with Crippen molar-refractivity contribution < 1.29 is 14.0 Å². The first-order chi connectivity index (χ1) is 9.15. The molecule has 1 aliphatic rings. The van der Waals surface area contributed by atoms with Crippen LogP contribution in [0.3, 0.4) is 0 Å². The molecule has 1 heterocycles. The lowest BCUT2D eigenvalue weighted by Crippen LogP contribution is -2.43. The van der Waals surface area contributed by atoms with Crippen LogP contribution in [0.2, 0.25) is 0 Å².